The number of nitrogen functional groups attached to an aromatic ring is 1. The standard InChI is InChI=1S/C13H11FN4/c1-8-3-2-4-10(14)12(8)18-13-11(16)5-9(6-15)7-17-13/h2-5,7H,16H2,1H3,(H,17,18). The van der Waals surface area contributed by atoms with E-state index in [4.69, 9.17) is 11.0 Å². The van der Waals surface area contributed by atoms with Gasteiger partial charge in [0.1, 0.15) is 11.9 Å². The zero-order valence-corrected chi connectivity index (χ0v) is 9.74. The van der Waals surface area contributed by atoms with Gasteiger partial charge in [-0.3, -0.25) is 0 Å². The number of nitrogens with one attached hydrogen (secondary N) is 1. The van der Waals surface area contributed by atoms with Crippen LogP contribution in [0, 0.1) is 24.1 Å². The maximum absolute atomic E-state index is 13.6. The predicted octanol–water partition coefficient (Wildman–Crippen LogP) is 2.73. The number of para-hydroxylation sites is 1. The number of hydrogen-bond donors (Lipinski definition) is 2. The molecule has 3 N–H and O–H groups in total. The van der Waals surface area contributed by atoms with E-state index in [1.54, 1.807) is 19.1 Å². The minimum Gasteiger partial charge on any atom is -0.396 e. The van der Waals surface area contributed by atoms with Crippen molar-refractivity contribution in [1.29, 1.82) is 5.26 Å². The van der Waals surface area contributed by atoms with Crippen LogP contribution in [0.1, 0.15) is 11.1 Å². The Morgan fingerprint density at radius 3 is 2.83 bits per heavy atom. The van der Waals surface area contributed by atoms with Gasteiger partial charge in [0.05, 0.1) is 16.9 Å². The largest absolute Gasteiger partial charge is 0.396 e. The summed E-state index contributed by atoms with van der Waals surface area (Å²) in [5.74, 6) is -0.0391. The average molecular weight is 242 g/mol. The van der Waals surface area contributed by atoms with E-state index in [9.17, 15) is 4.39 Å². The zero-order valence-electron chi connectivity index (χ0n) is 9.74. The van der Waals surface area contributed by atoms with Crippen molar-refractivity contribution < 1.29 is 4.39 Å². The van der Waals surface area contributed by atoms with Crippen molar-refractivity contribution in [2.75, 3.05) is 11.1 Å². The molecule has 18 heavy (non-hydrogen) atoms. The highest BCUT2D eigenvalue weighted by molar-refractivity contribution is 5.71. The van der Waals surface area contributed by atoms with Crippen LogP contribution in [0.2, 0.25) is 0 Å². The van der Waals surface area contributed by atoms with Gasteiger partial charge >= 0.3 is 0 Å². The van der Waals surface area contributed by atoms with Crippen molar-refractivity contribution in [1.82, 2.24) is 4.98 Å². The Morgan fingerprint density at radius 2 is 2.22 bits per heavy atom. The molecule has 0 saturated carbocycles. The van der Waals surface area contributed by atoms with Crippen LogP contribution in [-0.4, -0.2) is 4.98 Å². The molecular formula is C13H11FN4. The highest BCUT2D eigenvalue weighted by Gasteiger charge is 2.08. The van der Waals surface area contributed by atoms with Crippen molar-refractivity contribution >= 4 is 17.2 Å². The maximum atomic E-state index is 13.6. The molecule has 0 aliphatic rings. The summed E-state index contributed by atoms with van der Waals surface area (Å²) in [6.07, 6.45) is 1.38. The highest BCUT2D eigenvalue weighted by Crippen LogP contribution is 2.25. The number of nitrogens with zero attached hydrogens (tertiary/aromatic N) is 2. The molecule has 1 aromatic carbocycles. The quantitative estimate of drug-likeness (QED) is 0.849. The SMILES string of the molecule is Cc1cccc(F)c1Nc1ncc(C#N)cc1N. The summed E-state index contributed by atoms with van der Waals surface area (Å²) in [6, 6.07) is 8.20. The topological polar surface area (TPSA) is 74.7 Å². The second-order valence-electron chi connectivity index (χ2n) is 3.83. The number of hydrogen-bond acceptors (Lipinski definition) is 4. The Hall–Kier alpha value is -2.61. The number of pyridine rings is 1. The first-order chi connectivity index (χ1) is 8.61. The van der Waals surface area contributed by atoms with Gasteiger partial charge in [-0.05, 0) is 24.6 Å². The summed E-state index contributed by atoms with van der Waals surface area (Å²) in [4.78, 5) is 4.00. The molecule has 1 heterocycles. The molecule has 2 aromatic rings. The Balaban J connectivity index is 2.38. The minimum absolute atomic E-state index is 0.303. The lowest BCUT2D eigenvalue weighted by molar-refractivity contribution is 0.631. The van der Waals surface area contributed by atoms with Crippen molar-refractivity contribution in [3.05, 3.63) is 47.4 Å². The number of nitrogens with two attached hydrogens (primary N) is 1. The van der Waals surface area contributed by atoms with E-state index >= 15 is 0 Å². The van der Waals surface area contributed by atoms with E-state index in [1.165, 1.54) is 18.3 Å². The summed E-state index contributed by atoms with van der Waals surface area (Å²) in [7, 11) is 0. The minimum atomic E-state index is -0.374. The van der Waals surface area contributed by atoms with Gasteiger partial charge in [0, 0.05) is 6.20 Å². The molecule has 0 aliphatic carbocycles. The van der Waals surface area contributed by atoms with Gasteiger partial charge in [-0.2, -0.15) is 5.26 Å². The van der Waals surface area contributed by atoms with E-state index < -0.39 is 0 Å². The van der Waals surface area contributed by atoms with Gasteiger partial charge in [-0.25, -0.2) is 9.37 Å². The third-order valence-electron chi connectivity index (χ3n) is 2.51. The third kappa shape index (κ3) is 2.23. The van der Waals surface area contributed by atoms with Crippen LogP contribution in [0.25, 0.3) is 0 Å². The molecule has 0 fully saturated rings. The van der Waals surface area contributed by atoms with Gasteiger partial charge in [0.25, 0.3) is 0 Å². The number of rotatable bonds is 2. The van der Waals surface area contributed by atoms with E-state index in [2.05, 4.69) is 10.3 Å². The Morgan fingerprint density at radius 1 is 1.44 bits per heavy atom. The lowest BCUT2D eigenvalue weighted by Gasteiger charge is -2.11. The number of anilines is 3. The molecule has 0 radical (unpaired) electrons. The fourth-order valence-electron chi connectivity index (χ4n) is 1.56. The first-order valence-electron chi connectivity index (χ1n) is 5.29. The summed E-state index contributed by atoms with van der Waals surface area (Å²) >= 11 is 0. The Labute approximate surface area is 104 Å². The van der Waals surface area contributed by atoms with Gasteiger partial charge in [0.2, 0.25) is 0 Å². The smallest absolute Gasteiger partial charge is 0.153 e. The first-order valence-corrected chi connectivity index (χ1v) is 5.29. The zero-order chi connectivity index (χ0) is 13.1. The van der Waals surface area contributed by atoms with Crippen LogP contribution in [0.4, 0.5) is 21.6 Å². The Kier molecular flexibility index (Phi) is 3.11. The summed E-state index contributed by atoms with van der Waals surface area (Å²) in [5.41, 5.74) is 7.50. The lowest BCUT2D eigenvalue weighted by atomic mass is 10.2. The van der Waals surface area contributed by atoms with E-state index in [0.29, 0.717) is 22.8 Å². The van der Waals surface area contributed by atoms with Crippen LogP contribution in [0.5, 0.6) is 0 Å². The highest BCUT2D eigenvalue weighted by atomic mass is 19.1. The monoisotopic (exact) mass is 242 g/mol. The molecule has 90 valence electrons. The van der Waals surface area contributed by atoms with Crippen molar-refractivity contribution in [2.24, 2.45) is 0 Å². The molecule has 5 heteroatoms. The molecule has 0 atom stereocenters. The molecule has 4 nitrogen and oxygen atoms in total. The van der Waals surface area contributed by atoms with Crippen LogP contribution >= 0.6 is 0 Å². The van der Waals surface area contributed by atoms with Crippen LogP contribution in [-0.2, 0) is 0 Å². The Bertz CT molecular complexity index is 611. The fraction of sp³-hybridized carbons (Fsp3) is 0.0769. The van der Waals surface area contributed by atoms with Gasteiger partial charge in [0.15, 0.2) is 5.82 Å². The number of aryl methyl sites for hydroxylation is 1. The normalized spacial score (nSPS) is 9.83. The van der Waals surface area contributed by atoms with Crippen LogP contribution in [0.15, 0.2) is 30.5 Å². The molecule has 0 amide bonds. The summed E-state index contributed by atoms with van der Waals surface area (Å²) in [5, 5.41) is 11.5. The van der Waals surface area contributed by atoms with Crippen molar-refractivity contribution in [3.8, 4) is 6.07 Å². The predicted molar refractivity (Wildman–Crippen MR) is 67.8 cm³/mol. The molecule has 2 rings (SSSR count). The number of halogens is 1. The second-order valence-corrected chi connectivity index (χ2v) is 3.83. The van der Waals surface area contributed by atoms with Crippen molar-refractivity contribution in [3.63, 3.8) is 0 Å². The number of aromatic nitrogens is 1. The average Bonchev–Trinajstić information content (AvgIpc) is 2.35. The molecule has 1 aromatic heterocycles. The van der Waals surface area contributed by atoms with Crippen LogP contribution < -0.4 is 11.1 Å². The number of benzene rings is 1. The molecule has 0 unspecified atom stereocenters. The lowest BCUT2D eigenvalue weighted by Crippen LogP contribution is -2.02. The van der Waals surface area contributed by atoms with Crippen LogP contribution in [0.3, 0.4) is 0 Å². The first kappa shape index (κ1) is 11.9. The van der Waals surface area contributed by atoms with E-state index in [0.717, 1.165) is 5.56 Å². The van der Waals surface area contributed by atoms with E-state index in [-0.39, 0.29) is 5.82 Å². The molecule has 0 bridgehead atoms. The van der Waals surface area contributed by atoms with Crippen molar-refractivity contribution in [2.45, 2.75) is 6.92 Å². The molecule has 0 aliphatic heterocycles. The van der Waals surface area contributed by atoms with Gasteiger partial charge in [-0.15, -0.1) is 0 Å². The fourth-order valence-corrected chi connectivity index (χ4v) is 1.56. The summed E-state index contributed by atoms with van der Waals surface area (Å²) in [6.45, 7) is 1.78. The maximum Gasteiger partial charge on any atom is 0.153 e. The number of nitriles is 1. The third-order valence-corrected chi connectivity index (χ3v) is 2.51. The molecule has 0 spiro atoms. The van der Waals surface area contributed by atoms with Gasteiger partial charge < -0.3 is 11.1 Å². The second kappa shape index (κ2) is 4.72. The molecular weight excluding hydrogens is 231 g/mol. The van der Waals surface area contributed by atoms with Gasteiger partial charge in [-0.1, -0.05) is 12.1 Å². The van der Waals surface area contributed by atoms with E-state index in [1.807, 2.05) is 6.07 Å². The molecule has 0 saturated heterocycles. The summed E-state index contributed by atoms with van der Waals surface area (Å²) < 4.78 is 13.6.